The van der Waals surface area contributed by atoms with E-state index in [1.165, 1.54) is 0 Å². The highest BCUT2D eigenvalue weighted by atomic mass is 16.6. The van der Waals surface area contributed by atoms with Crippen LogP contribution in [0.5, 0.6) is 0 Å². The van der Waals surface area contributed by atoms with Crippen LogP contribution in [0.15, 0.2) is 182 Å². The first-order valence-corrected chi connectivity index (χ1v) is 26.3. The first kappa shape index (κ1) is 58.9. The Hall–Kier alpha value is -8.34. The first-order valence-electron chi connectivity index (χ1n) is 26.3. The van der Waals surface area contributed by atoms with Crippen molar-refractivity contribution in [2.24, 2.45) is 11.8 Å². The van der Waals surface area contributed by atoms with Crippen molar-refractivity contribution in [1.82, 2.24) is 31.9 Å². The molecule has 0 aromatic heterocycles. The Bertz CT molecular complexity index is 2600. The maximum Gasteiger partial charge on any atom is 0.408 e. The van der Waals surface area contributed by atoms with Gasteiger partial charge < -0.3 is 51.6 Å². The third-order valence-corrected chi connectivity index (χ3v) is 13.1. The van der Waals surface area contributed by atoms with Gasteiger partial charge in [0.05, 0.1) is 12.1 Å². The fourth-order valence-electron chi connectivity index (χ4n) is 8.78. The zero-order valence-electron chi connectivity index (χ0n) is 44.5. The summed E-state index contributed by atoms with van der Waals surface area (Å²) < 4.78 is 10.9. The number of hydrogen-bond donors (Lipinski definition) is 8. The van der Waals surface area contributed by atoms with Gasteiger partial charge in [0, 0.05) is 12.8 Å². The summed E-state index contributed by atoms with van der Waals surface area (Å²) in [5, 5.41) is 41.6. The average Bonchev–Trinajstić information content (AvgIpc) is 3.45. The second-order valence-electron chi connectivity index (χ2n) is 19.9. The minimum absolute atomic E-state index is 0.0231. The van der Waals surface area contributed by atoms with Crippen molar-refractivity contribution < 1.29 is 48.5 Å². The molecule has 0 bridgehead atoms. The van der Waals surface area contributed by atoms with E-state index in [1.807, 2.05) is 109 Å². The molecule has 6 rings (SSSR count). The van der Waals surface area contributed by atoms with Crippen LogP contribution >= 0.6 is 0 Å². The number of rotatable bonds is 27. The Morgan fingerprint density at radius 3 is 0.872 bits per heavy atom. The maximum absolute atomic E-state index is 14.6. The van der Waals surface area contributed by atoms with Crippen LogP contribution in [-0.4, -0.2) is 94.5 Å². The standard InChI is InChI=1S/C62H72N6O10/c1-41(2)53(67-57(71)51(37-45-27-15-7-16-28-45)65-61(75)77-39-47-31-19-9-20-32-47)59(73)63-49(35-43-23-11-5-12-24-43)55(69)56(70)50(36-44-25-13-6-14-26-44)64-60(74)54(42(3)4)68-58(72)52(38-46-29-17-8-18-30-46)66-62(76)78-40-48-33-21-10-22-34-48/h5-34,41-42,49-56,69-70H,35-40H2,1-4H3,(H,63,73)(H,64,74)(H,65,75)(H,66,76)(H,67,71)(H,68,72)/t49-,50+,51-,52-,53-,54-,55+,56-/m0/s1. The lowest BCUT2D eigenvalue weighted by atomic mass is 9.90. The number of amides is 6. The number of aliphatic hydroxyl groups is 2. The molecule has 6 amide bonds. The van der Waals surface area contributed by atoms with Gasteiger partial charge in [0.1, 0.15) is 49.6 Å². The van der Waals surface area contributed by atoms with Gasteiger partial charge in [-0.2, -0.15) is 0 Å². The Morgan fingerprint density at radius 1 is 0.346 bits per heavy atom. The molecule has 8 atom stereocenters. The second-order valence-corrected chi connectivity index (χ2v) is 19.9. The van der Waals surface area contributed by atoms with Crippen molar-refractivity contribution in [2.75, 3.05) is 0 Å². The Balaban J connectivity index is 1.21. The molecule has 0 fully saturated rings. The van der Waals surface area contributed by atoms with Crippen molar-refractivity contribution in [3.8, 4) is 0 Å². The second kappa shape index (κ2) is 30.4. The Morgan fingerprint density at radius 2 is 0.603 bits per heavy atom. The molecule has 0 spiro atoms. The van der Waals surface area contributed by atoms with Crippen LogP contribution < -0.4 is 31.9 Å². The van der Waals surface area contributed by atoms with Crippen LogP contribution in [0, 0.1) is 11.8 Å². The predicted octanol–water partition coefficient (Wildman–Crippen LogP) is 6.52. The van der Waals surface area contributed by atoms with Gasteiger partial charge in [0.15, 0.2) is 0 Å². The van der Waals surface area contributed by atoms with Crippen LogP contribution in [0.2, 0.25) is 0 Å². The van der Waals surface area contributed by atoms with Gasteiger partial charge >= 0.3 is 12.2 Å². The van der Waals surface area contributed by atoms with E-state index < -0.39 is 96.1 Å². The first-order chi connectivity index (χ1) is 37.6. The highest BCUT2D eigenvalue weighted by Gasteiger charge is 2.39. The number of alkyl carbamates (subject to hydrolysis) is 2. The van der Waals surface area contributed by atoms with Gasteiger partial charge in [0.25, 0.3) is 0 Å². The van der Waals surface area contributed by atoms with Crippen molar-refractivity contribution in [2.45, 2.75) is 115 Å². The number of carbonyl (C=O) groups is 6. The molecule has 410 valence electrons. The number of ether oxygens (including phenoxy) is 2. The molecule has 0 aliphatic heterocycles. The zero-order chi connectivity index (χ0) is 55.8. The Labute approximate surface area is 456 Å². The monoisotopic (exact) mass is 1060 g/mol. The van der Waals surface area contributed by atoms with Gasteiger partial charge in [-0.05, 0) is 58.1 Å². The highest BCUT2D eigenvalue weighted by Crippen LogP contribution is 2.18. The van der Waals surface area contributed by atoms with E-state index in [-0.39, 0.29) is 38.9 Å². The molecule has 16 heteroatoms. The van der Waals surface area contributed by atoms with E-state index in [0.29, 0.717) is 11.1 Å². The molecule has 6 aromatic carbocycles. The fraction of sp³-hybridized carbons (Fsp3) is 0.323. The molecule has 0 aliphatic rings. The van der Waals surface area contributed by atoms with Gasteiger partial charge in [0.2, 0.25) is 23.6 Å². The van der Waals surface area contributed by atoms with Gasteiger partial charge in [-0.15, -0.1) is 0 Å². The van der Waals surface area contributed by atoms with Crippen LogP contribution in [0.4, 0.5) is 9.59 Å². The average molecular weight is 1060 g/mol. The van der Waals surface area contributed by atoms with E-state index in [9.17, 15) is 39.0 Å². The topological polar surface area (TPSA) is 234 Å². The summed E-state index contributed by atoms with van der Waals surface area (Å²) in [5.74, 6) is -3.69. The summed E-state index contributed by atoms with van der Waals surface area (Å²) in [7, 11) is 0. The number of carbonyl (C=O) groups excluding carboxylic acids is 6. The zero-order valence-corrected chi connectivity index (χ0v) is 44.5. The smallest absolute Gasteiger partial charge is 0.408 e. The molecule has 0 radical (unpaired) electrons. The van der Waals surface area contributed by atoms with Crippen molar-refractivity contribution >= 4 is 35.8 Å². The van der Waals surface area contributed by atoms with Crippen LogP contribution in [0.1, 0.15) is 61.1 Å². The van der Waals surface area contributed by atoms with E-state index in [0.717, 1.165) is 22.3 Å². The number of hydrogen-bond acceptors (Lipinski definition) is 10. The molecule has 0 aliphatic carbocycles. The van der Waals surface area contributed by atoms with Crippen molar-refractivity contribution in [3.05, 3.63) is 215 Å². The van der Waals surface area contributed by atoms with Crippen molar-refractivity contribution in [3.63, 3.8) is 0 Å². The SMILES string of the molecule is CC(C)[C@H](NC(=O)[C@H](Cc1ccccc1)NC(=O)OCc1ccccc1)C(=O)N[C@@H](Cc1ccccc1)[C@@H](O)[C@@H](O)[C@@H](Cc1ccccc1)NC(=O)[C@@H](NC(=O)[C@H](Cc1ccccc1)NC(=O)OCc1ccccc1)C(C)C. The molecule has 0 saturated carbocycles. The summed E-state index contributed by atoms with van der Waals surface area (Å²) in [6, 6.07) is 47.2. The summed E-state index contributed by atoms with van der Waals surface area (Å²) in [6.45, 7) is 6.89. The van der Waals surface area contributed by atoms with Crippen LogP contribution in [0.3, 0.4) is 0 Å². The summed E-state index contributed by atoms with van der Waals surface area (Å²) >= 11 is 0. The van der Waals surface area contributed by atoms with Gasteiger partial charge in [-0.1, -0.05) is 210 Å². The lowest BCUT2D eigenvalue weighted by molar-refractivity contribution is -0.133. The summed E-state index contributed by atoms with van der Waals surface area (Å²) in [6.07, 6.45) is -4.93. The minimum Gasteiger partial charge on any atom is -0.445 e. The fourth-order valence-corrected chi connectivity index (χ4v) is 8.78. The molecule has 0 unspecified atom stereocenters. The third-order valence-electron chi connectivity index (χ3n) is 13.1. The lowest BCUT2D eigenvalue weighted by Gasteiger charge is -2.35. The van der Waals surface area contributed by atoms with E-state index in [2.05, 4.69) is 31.9 Å². The van der Waals surface area contributed by atoms with Crippen molar-refractivity contribution in [1.29, 1.82) is 0 Å². The lowest BCUT2D eigenvalue weighted by Crippen LogP contribution is -2.62. The van der Waals surface area contributed by atoms with E-state index >= 15 is 0 Å². The molecule has 0 saturated heterocycles. The normalized spacial score (nSPS) is 14.2. The van der Waals surface area contributed by atoms with Gasteiger partial charge in [-0.25, -0.2) is 9.59 Å². The molecule has 0 heterocycles. The van der Waals surface area contributed by atoms with Crippen LogP contribution in [-0.2, 0) is 67.5 Å². The van der Waals surface area contributed by atoms with Gasteiger partial charge in [-0.3, -0.25) is 19.2 Å². The number of nitrogens with one attached hydrogen (secondary N) is 6. The van der Waals surface area contributed by atoms with E-state index in [1.54, 1.807) is 100 Å². The largest absolute Gasteiger partial charge is 0.445 e. The number of benzene rings is 6. The molecule has 8 N–H and O–H groups in total. The molecule has 78 heavy (non-hydrogen) atoms. The molecular formula is C62H72N6O10. The highest BCUT2D eigenvalue weighted by molar-refractivity contribution is 5.93. The third kappa shape index (κ3) is 19.0. The quantitative estimate of drug-likeness (QED) is 0.0278. The molecular weight excluding hydrogens is 989 g/mol. The van der Waals surface area contributed by atoms with E-state index in [4.69, 9.17) is 9.47 Å². The summed E-state index contributed by atoms with van der Waals surface area (Å²) in [5.41, 5.74) is 4.39. The van der Waals surface area contributed by atoms with Crippen LogP contribution in [0.25, 0.3) is 0 Å². The molecule has 6 aromatic rings. The predicted molar refractivity (Wildman–Crippen MR) is 297 cm³/mol. The summed E-state index contributed by atoms with van der Waals surface area (Å²) in [4.78, 5) is 83.9. The Kier molecular flexibility index (Phi) is 23.0. The minimum atomic E-state index is -1.73. The maximum atomic E-state index is 14.6. The molecule has 16 nitrogen and oxygen atoms in total. The number of aliphatic hydroxyl groups excluding tert-OH is 2.